The van der Waals surface area contributed by atoms with Gasteiger partial charge in [0, 0.05) is 12.0 Å². The Morgan fingerprint density at radius 1 is 1.11 bits per heavy atom. The topological polar surface area (TPSA) is 20.3 Å². The van der Waals surface area contributed by atoms with Crippen LogP contribution in [0.5, 0.6) is 0 Å². The summed E-state index contributed by atoms with van der Waals surface area (Å²) in [5.74, 6) is 0.925. The van der Waals surface area contributed by atoms with E-state index < -0.39 is 0 Å². The highest BCUT2D eigenvalue weighted by Crippen LogP contribution is 2.36. The number of rotatable bonds is 4. The third-order valence-corrected chi connectivity index (χ3v) is 5.16. The average molecular weight is 251 g/mol. The molecule has 2 fully saturated rings. The lowest BCUT2D eigenvalue weighted by Crippen LogP contribution is -2.40. The summed E-state index contributed by atoms with van der Waals surface area (Å²) >= 11 is 0. The van der Waals surface area contributed by atoms with Crippen molar-refractivity contribution >= 4 is 6.29 Å². The molecule has 1 aliphatic carbocycles. The zero-order valence-electron chi connectivity index (χ0n) is 12.0. The van der Waals surface area contributed by atoms with Gasteiger partial charge in [0.05, 0.1) is 0 Å². The number of hydrogen-bond acceptors (Lipinski definition) is 2. The molecule has 1 aliphatic heterocycles. The van der Waals surface area contributed by atoms with E-state index in [2.05, 4.69) is 11.8 Å². The van der Waals surface area contributed by atoms with E-state index >= 15 is 0 Å². The van der Waals surface area contributed by atoms with Crippen molar-refractivity contribution in [1.82, 2.24) is 4.90 Å². The smallest absolute Gasteiger partial charge is 0.127 e. The van der Waals surface area contributed by atoms with Crippen molar-refractivity contribution in [3.63, 3.8) is 0 Å². The highest BCUT2D eigenvalue weighted by Gasteiger charge is 2.34. The van der Waals surface area contributed by atoms with Crippen LogP contribution < -0.4 is 0 Å². The average Bonchev–Trinajstić information content (AvgIpc) is 2.65. The minimum absolute atomic E-state index is 0.00427. The summed E-state index contributed by atoms with van der Waals surface area (Å²) < 4.78 is 0. The van der Waals surface area contributed by atoms with Crippen molar-refractivity contribution in [1.29, 1.82) is 0 Å². The molecule has 104 valence electrons. The molecule has 2 rings (SSSR count). The third-order valence-electron chi connectivity index (χ3n) is 5.16. The van der Waals surface area contributed by atoms with Gasteiger partial charge in [-0.25, -0.2) is 0 Å². The summed E-state index contributed by atoms with van der Waals surface area (Å²) in [6.45, 7) is 5.78. The van der Waals surface area contributed by atoms with Crippen LogP contribution >= 0.6 is 0 Å². The summed E-state index contributed by atoms with van der Waals surface area (Å²) in [4.78, 5) is 14.1. The predicted octanol–water partition coefficient (Wildman–Crippen LogP) is 3.65. The molecule has 0 radical (unpaired) electrons. The van der Waals surface area contributed by atoms with E-state index in [0.717, 1.165) is 25.3 Å². The van der Waals surface area contributed by atoms with Crippen molar-refractivity contribution in [2.24, 2.45) is 11.3 Å². The second kappa shape index (κ2) is 6.70. The molecule has 1 heterocycles. The minimum atomic E-state index is 0.00427. The first-order valence-corrected chi connectivity index (χ1v) is 7.97. The summed E-state index contributed by atoms with van der Waals surface area (Å²) in [6.07, 6.45) is 12.8. The van der Waals surface area contributed by atoms with Crippen LogP contribution in [-0.4, -0.2) is 30.8 Å². The molecule has 0 amide bonds. The molecule has 2 aliphatic rings. The Morgan fingerprint density at radius 3 is 2.56 bits per heavy atom. The molecule has 0 aromatic heterocycles. The Labute approximate surface area is 112 Å². The zero-order valence-corrected chi connectivity index (χ0v) is 12.0. The zero-order chi connectivity index (χ0) is 12.8. The number of likely N-dealkylation sites (tertiary alicyclic amines) is 1. The lowest BCUT2D eigenvalue weighted by atomic mass is 9.75. The fourth-order valence-electron chi connectivity index (χ4n) is 3.81. The van der Waals surface area contributed by atoms with E-state index in [1.807, 2.05) is 0 Å². The molecule has 0 aromatic rings. The predicted molar refractivity (Wildman–Crippen MR) is 75.7 cm³/mol. The molecule has 1 unspecified atom stereocenters. The van der Waals surface area contributed by atoms with Crippen LogP contribution in [0.3, 0.4) is 0 Å². The van der Waals surface area contributed by atoms with Gasteiger partial charge < -0.3 is 9.69 Å². The molecular weight excluding hydrogens is 222 g/mol. The van der Waals surface area contributed by atoms with Crippen molar-refractivity contribution in [2.45, 2.75) is 64.7 Å². The van der Waals surface area contributed by atoms with Crippen molar-refractivity contribution in [3.05, 3.63) is 0 Å². The Balaban J connectivity index is 1.89. The molecule has 1 atom stereocenters. The Kier molecular flexibility index (Phi) is 5.23. The van der Waals surface area contributed by atoms with Gasteiger partial charge in [0.1, 0.15) is 6.29 Å². The summed E-state index contributed by atoms with van der Waals surface area (Å²) in [7, 11) is 0. The maximum Gasteiger partial charge on any atom is 0.127 e. The van der Waals surface area contributed by atoms with Gasteiger partial charge in [-0.05, 0) is 51.1 Å². The fourth-order valence-corrected chi connectivity index (χ4v) is 3.81. The molecule has 0 bridgehead atoms. The number of carbonyl (C=O) groups is 1. The van der Waals surface area contributed by atoms with Crippen molar-refractivity contribution in [2.75, 3.05) is 19.6 Å². The monoisotopic (exact) mass is 251 g/mol. The van der Waals surface area contributed by atoms with Crippen LogP contribution in [0.25, 0.3) is 0 Å². The minimum Gasteiger partial charge on any atom is -0.303 e. The van der Waals surface area contributed by atoms with E-state index in [-0.39, 0.29) is 5.41 Å². The lowest BCUT2D eigenvalue weighted by molar-refractivity contribution is -0.119. The Hall–Kier alpha value is -0.370. The van der Waals surface area contributed by atoms with E-state index in [0.29, 0.717) is 0 Å². The molecule has 0 N–H and O–H groups in total. The van der Waals surface area contributed by atoms with Gasteiger partial charge in [-0.1, -0.05) is 32.6 Å². The van der Waals surface area contributed by atoms with Gasteiger partial charge in [-0.15, -0.1) is 0 Å². The SMILES string of the molecule is CCC1CCCN(CC2(C=O)CCCCC2)CC1. The highest BCUT2D eigenvalue weighted by atomic mass is 16.1. The first-order valence-electron chi connectivity index (χ1n) is 7.97. The first-order chi connectivity index (χ1) is 8.78. The summed E-state index contributed by atoms with van der Waals surface area (Å²) in [5, 5.41) is 0. The first kappa shape index (κ1) is 14.0. The van der Waals surface area contributed by atoms with Gasteiger partial charge in [-0.3, -0.25) is 0 Å². The molecule has 0 spiro atoms. The van der Waals surface area contributed by atoms with Crippen LogP contribution in [0.2, 0.25) is 0 Å². The Morgan fingerprint density at radius 2 is 1.89 bits per heavy atom. The third kappa shape index (κ3) is 3.57. The molecule has 2 heteroatoms. The molecule has 2 nitrogen and oxygen atoms in total. The highest BCUT2D eigenvalue weighted by molar-refractivity contribution is 5.60. The van der Waals surface area contributed by atoms with Crippen molar-refractivity contribution in [3.8, 4) is 0 Å². The van der Waals surface area contributed by atoms with Gasteiger partial charge in [-0.2, -0.15) is 0 Å². The second-order valence-corrected chi connectivity index (χ2v) is 6.52. The number of hydrogen-bond donors (Lipinski definition) is 0. The summed E-state index contributed by atoms with van der Waals surface area (Å²) in [6, 6.07) is 0. The second-order valence-electron chi connectivity index (χ2n) is 6.52. The van der Waals surface area contributed by atoms with E-state index in [1.165, 1.54) is 64.3 Å². The van der Waals surface area contributed by atoms with Gasteiger partial charge in [0.15, 0.2) is 0 Å². The van der Waals surface area contributed by atoms with E-state index in [4.69, 9.17) is 0 Å². The van der Waals surface area contributed by atoms with E-state index in [9.17, 15) is 4.79 Å². The van der Waals surface area contributed by atoms with Gasteiger partial charge in [0.2, 0.25) is 0 Å². The van der Waals surface area contributed by atoms with Crippen LogP contribution in [0.15, 0.2) is 0 Å². The molecule has 18 heavy (non-hydrogen) atoms. The Bertz CT molecular complexity index is 258. The van der Waals surface area contributed by atoms with Gasteiger partial charge in [0.25, 0.3) is 0 Å². The van der Waals surface area contributed by atoms with Crippen molar-refractivity contribution < 1.29 is 4.79 Å². The number of nitrogens with zero attached hydrogens (tertiary/aromatic N) is 1. The molecule has 1 saturated heterocycles. The normalized spacial score (nSPS) is 29.7. The standard InChI is InChI=1S/C16H29NO/c1-2-15-7-6-11-17(12-8-15)13-16(14-18)9-4-3-5-10-16/h14-15H,2-13H2,1H3. The lowest BCUT2D eigenvalue weighted by Gasteiger charge is -2.36. The maximum absolute atomic E-state index is 11.5. The van der Waals surface area contributed by atoms with Crippen LogP contribution in [-0.2, 0) is 4.79 Å². The van der Waals surface area contributed by atoms with Crippen LogP contribution in [0, 0.1) is 11.3 Å². The largest absolute Gasteiger partial charge is 0.303 e. The maximum atomic E-state index is 11.5. The summed E-state index contributed by atoms with van der Waals surface area (Å²) in [5.41, 5.74) is 0.00427. The number of carbonyl (C=O) groups excluding carboxylic acids is 1. The number of aldehydes is 1. The molecule has 0 aromatic carbocycles. The fraction of sp³-hybridized carbons (Fsp3) is 0.938. The van der Waals surface area contributed by atoms with E-state index in [1.54, 1.807) is 0 Å². The molecular formula is C16H29NO. The molecule has 1 saturated carbocycles. The van der Waals surface area contributed by atoms with Gasteiger partial charge >= 0.3 is 0 Å². The van der Waals surface area contributed by atoms with Crippen LogP contribution in [0.4, 0.5) is 0 Å². The quantitative estimate of drug-likeness (QED) is 0.711. The van der Waals surface area contributed by atoms with Crippen LogP contribution in [0.1, 0.15) is 64.7 Å².